The quantitative estimate of drug-likeness (QED) is 0.842. The molecule has 2 N–H and O–H groups in total. The Hall–Kier alpha value is -2.34. The van der Waals surface area contributed by atoms with Gasteiger partial charge in [-0.15, -0.1) is 0 Å². The van der Waals surface area contributed by atoms with Gasteiger partial charge < -0.3 is 15.2 Å². The second-order valence-corrected chi connectivity index (χ2v) is 6.54. The highest BCUT2D eigenvalue weighted by Gasteiger charge is 2.34. The number of benzene rings is 1. The molecule has 3 atom stereocenters. The summed E-state index contributed by atoms with van der Waals surface area (Å²) in [6, 6.07) is 11.1. The third-order valence-electron chi connectivity index (χ3n) is 4.52. The Bertz CT molecular complexity index is 686. The Morgan fingerprint density at radius 3 is 2.84 bits per heavy atom. The number of aryl methyl sites for hydroxylation is 2. The lowest BCUT2D eigenvalue weighted by molar-refractivity contribution is -0.124. The molecule has 134 valence electrons. The first-order chi connectivity index (χ1) is 12.1. The lowest BCUT2D eigenvalue weighted by atomic mass is 9.89. The predicted octanol–water partition coefficient (Wildman–Crippen LogP) is 2.06. The summed E-state index contributed by atoms with van der Waals surface area (Å²) in [7, 11) is 0. The number of carbonyl (C=O) groups is 1. The molecule has 3 rings (SSSR count). The van der Waals surface area contributed by atoms with Crippen LogP contribution in [0.3, 0.4) is 0 Å². The summed E-state index contributed by atoms with van der Waals surface area (Å²) in [6.07, 6.45) is 3.67. The molecule has 1 aromatic carbocycles. The maximum atomic E-state index is 12.2. The molecule has 1 amide bonds. The number of ether oxygens (including phenoxy) is 1. The third kappa shape index (κ3) is 4.82. The Kier molecular flexibility index (Phi) is 5.71. The van der Waals surface area contributed by atoms with E-state index in [4.69, 9.17) is 4.74 Å². The number of para-hydroxylation sites is 1. The van der Waals surface area contributed by atoms with Crippen LogP contribution < -0.4 is 10.1 Å². The van der Waals surface area contributed by atoms with E-state index >= 15 is 0 Å². The molecule has 1 fully saturated rings. The second kappa shape index (κ2) is 8.16. The molecule has 1 saturated carbocycles. The van der Waals surface area contributed by atoms with Crippen LogP contribution in [-0.4, -0.2) is 39.0 Å². The number of hydrogen-bond acceptors (Lipinski definition) is 4. The van der Waals surface area contributed by atoms with Gasteiger partial charge >= 0.3 is 0 Å². The average molecular weight is 343 g/mol. The molecule has 0 saturated heterocycles. The fourth-order valence-corrected chi connectivity index (χ4v) is 3.18. The molecule has 6 heteroatoms. The molecule has 1 aliphatic carbocycles. The fourth-order valence-electron chi connectivity index (χ4n) is 3.18. The van der Waals surface area contributed by atoms with Crippen LogP contribution in [0, 0.1) is 6.92 Å². The van der Waals surface area contributed by atoms with Crippen LogP contribution in [-0.2, 0) is 11.3 Å². The van der Waals surface area contributed by atoms with Gasteiger partial charge in [-0.25, -0.2) is 0 Å². The highest BCUT2D eigenvalue weighted by atomic mass is 16.5. The van der Waals surface area contributed by atoms with Crippen molar-refractivity contribution >= 4 is 5.91 Å². The van der Waals surface area contributed by atoms with Gasteiger partial charge in [-0.1, -0.05) is 18.2 Å². The molecule has 0 bridgehead atoms. The maximum absolute atomic E-state index is 12.2. The molecular formula is C19H25N3O3. The summed E-state index contributed by atoms with van der Waals surface area (Å²) in [4.78, 5) is 12.2. The highest BCUT2D eigenvalue weighted by Crippen LogP contribution is 2.24. The van der Waals surface area contributed by atoms with Crippen LogP contribution in [0.25, 0.3) is 0 Å². The number of aliphatic hydroxyl groups is 1. The van der Waals surface area contributed by atoms with Gasteiger partial charge in [0.2, 0.25) is 5.91 Å². The number of rotatable bonds is 6. The minimum atomic E-state index is -0.704. The summed E-state index contributed by atoms with van der Waals surface area (Å²) >= 11 is 0. The van der Waals surface area contributed by atoms with Gasteiger partial charge in [-0.3, -0.25) is 9.48 Å². The normalized spacial score (nSPS) is 23.2. The van der Waals surface area contributed by atoms with E-state index in [1.807, 2.05) is 49.5 Å². The van der Waals surface area contributed by atoms with Gasteiger partial charge in [0.25, 0.3) is 0 Å². The highest BCUT2D eigenvalue weighted by molar-refractivity contribution is 5.76. The van der Waals surface area contributed by atoms with E-state index in [2.05, 4.69) is 10.4 Å². The molecule has 2 aromatic rings. The van der Waals surface area contributed by atoms with E-state index in [1.165, 1.54) is 0 Å². The minimum Gasteiger partial charge on any atom is -0.488 e. The standard InChI is InChI=1S/C19H25N3O3/c1-14-10-12-22(21-14)13-11-18(23)20-16-8-5-9-17(19(16)24)25-15-6-3-2-4-7-15/h2-4,6-7,10,12,16-17,19,24H,5,8-9,11,13H2,1H3,(H,20,23)/t16-,17-,19-/m1/s1. The van der Waals surface area contributed by atoms with E-state index in [0.29, 0.717) is 13.0 Å². The monoisotopic (exact) mass is 343 g/mol. The fraction of sp³-hybridized carbons (Fsp3) is 0.474. The molecule has 0 unspecified atom stereocenters. The van der Waals surface area contributed by atoms with E-state index in [-0.39, 0.29) is 18.1 Å². The van der Waals surface area contributed by atoms with Gasteiger partial charge in [-0.2, -0.15) is 5.10 Å². The summed E-state index contributed by atoms with van der Waals surface area (Å²) < 4.78 is 7.65. The first-order valence-corrected chi connectivity index (χ1v) is 8.81. The smallest absolute Gasteiger partial charge is 0.222 e. The van der Waals surface area contributed by atoms with Gasteiger partial charge in [-0.05, 0) is 44.4 Å². The summed E-state index contributed by atoms with van der Waals surface area (Å²) in [5, 5.41) is 17.8. The predicted molar refractivity (Wildman–Crippen MR) is 94.2 cm³/mol. The van der Waals surface area contributed by atoms with Crippen molar-refractivity contribution in [2.24, 2.45) is 0 Å². The molecule has 1 aromatic heterocycles. The summed E-state index contributed by atoms with van der Waals surface area (Å²) in [5.41, 5.74) is 0.934. The largest absolute Gasteiger partial charge is 0.488 e. The lowest BCUT2D eigenvalue weighted by Gasteiger charge is -2.35. The Morgan fingerprint density at radius 1 is 1.32 bits per heavy atom. The van der Waals surface area contributed by atoms with E-state index in [9.17, 15) is 9.90 Å². The number of nitrogens with zero attached hydrogens (tertiary/aromatic N) is 2. The Morgan fingerprint density at radius 2 is 2.12 bits per heavy atom. The van der Waals surface area contributed by atoms with Gasteiger partial charge in [0.15, 0.2) is 0 Å². The van der Waals surface area contributed by atoms with Crippen molar-refractivity contribution in [1.82, 2.24) is 15.1 Å². The molecule has 25 heavy (non-hydrogen) atoms. The average Bonchev–Trinajstić information content (AvgIpc) is 3.03. The maximum Gasteiger partial charge on any atom is 0.222 e. The van der Waals surface area contributed by atoms with E-state index < -0.39 is 6.10 Å². The van der Waals surface area contributed by atoms with Crippen LogP contribution in [0.5, 0.6) is 5.75 Å². The van der Waals surface area contributed by atoms with Crippen LogP contribution in [0.2, 0.25) is 0 Å². The van der Waals surface area contributed by atoms with Crippen LogP contribution in [0.4, 0.5) is 0 Å². The number of aromatic nitrogens is 2. The molecular weight excluding hydrogens is 318 g/mol. The van der Waals surface area contributed by atoms with Gasteiger partial charge in [0.05, 0.1) is 11.7 Å². The Labute approximate surface area is 147 Å². The number of carbonyl (C=O) groups excluding carboxylic acids is 1. The molecule has 0 radical (unpaired) electrons. The van der Waals surface area contributed by atoms with E-state index in [0.717, 1.165) is 30.7 Å². The third-order valence-corrected chi connectivity index (χ3v) is 4.52. The van der Waals surface area contributed by atoms with Crippen LogP contribution >= 0.6 is 0 Å². The second-order valence-electron chi connectivity index (χ2n) is 6.54. The van der Waals surface area contributed by atoms with Gasteiger partial charge in [0, 0.05) is 19.2 Å². The molecule has 6 nitrogen and oxygen atoms in total. The van der Waals surface area contributed by atoms with Crippen molar-refractivity contribution in [3.63, 3.8) is 0 Å². The molecule has 1 aliphatic rings. The molecule has 1 heterocycles. The first-order valence-electron chi connectivity index (χ1n) is 8.81. The SMILES string of the molecule is Cc1ccn(CCC(=O)N[C@@H]2CCC[C@@H](Oc3ccccc3)[C@@H]2O)n1. The topological polar surface area (TPSA) is 76.4 Å². The lowest BCUT2D eigenvalue weighted by Crippen LogP contribution is -2.52. The van der Waals surface area contributed by atoms with Crippen molar-refractivity contribution in [3.05, 3.63) is 48.3 Å². The first kappa shape index (κ1) is 17.5. The molecule has 0 aliphatic heterocycles. The number of nitrogens with one attached hydrogen (secondary N) is 1. The van der Waals surface area contributed by atoms with Gasteiger partial charge in [0.1, 0.15) is 18.0 Å². The summed E-state index contributed by atoms with van der Waals surface area (Å²) in [6.45, 7) is 2.45. The van der Waals surface area contributed by atoms with Crippen molar-refractivity contribution in [2.45, 2.75) is 57.4 Å². The van der Waals surface area contributed by atoms with E-state index in [1.54, 1.807) is 4.68 Å². The zero-order chi connectivity index (χ0) is 17.6. The number of amides is 1. The number of hydrogen-bond donors (Lipinski definition) is 2. The van der Waals surface area contributed by atoms with Crippen molar-refractivity contribution < 1.29 is 14.6 Å². The molecule has 0 spiro atoms. The van der Waals surface area contributed by atoms with Crippen molar-refractivity contribution in [2.75, 3.05) is 0 Å². The number of aliphatic hydroxyl groups excluding tert-OH is 1. The van der Waals surface area contributed by atoms with Crippen LogP contribution in [0.15, 0.2) is 42.6 Å². The summed E-state index contributed by atoms with van der Waals surface area (Å²) in [5.74, 6) is 0.671. The van der Waals surface area contributed by atoms with Crippen molar-refractivity contribution in [1.29, 1.82) is 0 Å². The minimum absolute atomic E-state index is 0.0717. The zero-order valence-corrected chi connectivity index (χ0v) is 14.5. The van der Waals surface area contributed by atoms with Crippen molar-refractivity contribution in [3.8, 4) is 5.75 Å². The Balaban J connectivity index is 1.50. The van der Waals surface area contributed by atoms with Crippen LogP contribution in [0.1, 0.15) is 31.4 Å². The zero-order valence-electron chi connectivity index (χ0n) is 14.5.